The number of hydrogen-bond donors (Lipinski definition) is 0. The van der Waals surface area contributed by atoms with Crippen LogP contribution in [0.1, 0.15) is 5.56 Å². The van der Waals surface area contributed by atoms with Gasteiger partial charge in [-0.05, 0) is 86.0 Å². The number of methoxy groups -OCH3 is 1. The summed E-state index contributed by atoms with van der Waals surface area (Å²) in [7, 11) is 1.29. The van der Waals surface area contributed by atoms with E-state index in [9.17, 15) is 9.59 Å². The van der Waals surface area contributed by atoms with Crippen molar-refractivity contribution in [1.29, 1.82) is 0 Å². The fourth-order valence-corrected chi connectivity index (χ4v) is 5.25. The monoisotopic (exact) mass is 643 g/mol. The van der Waals surface area contributed by atoms with Crippen LogP contribution in [0, 0.1) is 0 Å². The molecule has 0 N–H and O–H groups in total. The van der Waals surface area contributed by atoms with Crippen LogP contribution in [-0.2, 0) is 9.53 Å². The Morgan fingerprint density at radius 3 is 2.65 bits per heavy atom. The number of hydrogen-bond acceptors (Lipinski definition) is 7. The highest BCUT2D eigenvalue weighted by molar-refractivity contribution is 9.11. The van der Waals surface area contributed by atoms with Gasteiger partial charge in [0.25, 0.3) is 5.56 Å². The summed E-state index contributed by atoms with van der Waals surface area (Å²) in [6.07, 6.45) is 1.51. The number of furan rings is 1. The minimum absolute atomic E-state index is 0.239. The van der Waals surface area contributed by atoms with Gasteiger partial charge in [-0.3, -0.25) is 4.79 Å². The van der Waals surface area contributed by atoms with Crippen molar-refractivity contribution in [3.63, 3.8) is 0 Å². The van der Waals surface area contributed by atoms with E-state index in [2.05, 4.69) is 46.7 Å². The number of fused-ring (bicyclic) bond motifs is 2. The standard InChI is InChI=1S/C26H16Br2ClN3O5/c1-35-23(33)13-36-24-18(27)8-14(9-19(24)28)12-30-32-25(31-20-5-3-2-4-17(20)26(32)34)22-11-15-10-16(29)6-7-21(15)37-22/h2-12H,13H2,1H3. The quantitative estimate of drug-likeness (QED) is 0.156. The lowest BCUT2D eigenvalue weighted by atomic mass is 10.2. The number of esters is 1. The summed E-state index contributed by atoms with van der Waals surface area (Å²) in [4.78, 5) is 29.5. The highest BCUT2D eigenvalue weighted by atomic mass is 79.9. The molecule has 186 valence electrons. The lowest BCUT2D eigenvalue weighted by molar-refractivity contribution is -0.142. The molecule has 0 bridgehead atoms. The van der Waals surface area contributed by atoms with Crippen LogP contribution in [0.4, 0.5) is 0 Å². The number of carbonyl (C=O) groups excluding carboxylic acids is 1. The molecule has 0 spiro atoms. The first-order chi connectivity index (χ1) is 17.8. The molecule has 5 aromatic rings. The van der Waals surface area contributed by atoms with E-state index in [1.165, 1.54) is 18.0 Å². The number of halogens is 3. The molecule has 5 rings (SSSR count). The third-order valence-electron chi connectivity index (χ3n) is 5.36. The molecule has 0 saturated heterocycles. The average Bonchev–Trinajstić information content (AvgIpc) is 3.30. The van der Waals surface area contributed by atoms with Crippen LogP contribution in [0.3, 0.4) is 0 Å². The Morgan fingerprint density at radius 1 is 1.14 bits per heavy atom. The highest BCUT2D eigenvalue weighted by Crippen LogP contribution is 2.34. The molecular weight excluding hydrogens is 630 g/mol. The maximum absolute atomic E-state index is 13.4. The SMILES string of the molecule is COC(=O)COc1c(Br)cc(C=Nn2c(-c3cc4cc(Cl)ccc4o3)nc3ccccc3c2=O)cc1Br. The molecule has 2 heterocycles. The van der Waals surface area contributed by atoms with Crippen molar-refractivity contribution in [2.45, 2.75) is 0 Å². The van der Waals surface area contributed by atoms with Crippen LogP contribution in [0.5, 0.6) is 5.75 Å². The van der Waals surface area contributed by atoms with Gasteiger partial charge in [0.05, 0.1) is 33.2 Å². The average molecular weight is 646 g/mol. The molecule has 0 fully saturated rings. The van der Waals surface area contributed by atoms with Crippen LogP contribution >= 0.6 is 43.5 Å². The van der Waals surface area contributed by atoms with Crippen LogP contribution in [-0.4, -0.2) is 35.6 Å². The molecule has 0 aliphatic heterocycles. The largest absolute Gasteiger partial charge is 0.480 e. The molecule has 3 aromatic carbocycles. The summed E-state index contributed by atoms with van der Waals surface area (Å²) in [6.45, 7) is -0.245. The van der Waals surface area contributed by atoms with Gasteiger partial charge in [-0.25, -0.2) is 9.78 Å². The second-order valence-electron chi connectivity index (χ2n) is 7.79. The first-order valence-electron chi connectivity index (χ1n) is 10.8. The van der Waals surface area contributed by atoms with Gasteiger partial charge in [-0.1, -0.05) is 23.7 Å². The van der Waals surface area contributed by atoms with Crippen molar-refractivity contribution in [2.75, 3.05) is 13.7 Å². The van der Waals surface area contributed by atoms with Crippen LogP contribution in [0.25, 0.3) is 33.5 Å². The van der Waals surface area contributed by atoms with Gasteiger partial charge < -0.3 is 13.9 Å². The van der Waals surface area contributed by atoms with E-state index < -0.39 is 5.97 Å². The zero-order valence-corrected chi connectivity index (χ0v) is 23.0. The summed E-state index contributed by atoms with van der Waals surface area (Å²) in [5, 5.41) is 6.22. The van der Waals surface area contributed by atoms with Crippen molar-refractivity contribution >= 4 is 77.5 Å². The van der Waals surface area contributed by atoms with Crippen molar-refractivity contribution in [1.82, 2.24) is 9.66 Å². The predicted octanol–water partition coefficient (Wildman–Crippen LogP) is 6.42. The summed E-state index contributed by atoms with van der Waals surface area (Å²) in [5.41, 5.74) is 1.41. The number of ether oxygens (including phenoxy) is 2. The van der Waals surface area contributed by atoms with Gasteiger partial charge in [0.15, 0.2) is 12.4 Å². The van der Waals surface area contributed by atoms with Crippen LogP contribution in [0.2, 0.25) is 5.02 Å². The molecule has 0 aliphatic rings. The maximum atomic E-state index is 13.4. The van der Waals surface area contributed by atoms with Crippen molar-refractivity contribution in [3.05, 3.63) is 90.5 Å². The summed E-state index contributed by atoms with van der Waals surface area (Å²) in [6, 6.07) is 17.5. The van der Waals surface area contributed by atoms with Crippen LogP contribution < -0.4 is 10.3 Å². The second-order valence-corrected chi connectivity index (χ2v) is 9.93. The Balaban J connectivity index is 1.59. The molecular formula is C26H16Br2ClN3O5. The molecule has 8 nitrogen and oxygen atoms in total. The molecule has 11 heteroatoms. The molecule has 2 aromatic heterocycles. The fourth-order valence-electron chi connectivity index (χ4n) is 3.62. The van der Waals surface area contributed by atoms with E-state index in [1.54, 1.807) is 54.6 Å². The van der Waals surface area contributed by atoms with Gasteiger partial charge in [-0.15, -0.1) is 0 Å². The molecule has 0 saturated carbocycles. The smallest absolute Gasteiger partial charge is 0.343 e. The Labute approximate surface area is 231 Å². The van der Waals surface area contributed by atoms with Gasteiger partial charge in [0, 0.05) is 10.4 Å². The second kappa shape index (κ2) is 10.5. The van der Waals surface area contributed by atoms with Crippen molar-refractivity contribution in [3.8, 4) is 17.3 Å². The predicted molar refractivity (Wildman–Crippen MR) is 149 cm³/mol. The third kappa shape index (κ3) is 5.18. The van der Waals surface area contributed by atoms with Crippen molar-refractivity contribution < 1.29 is 18.7 Å². The van der Waals surface area contributed by atoms with Gasteiger partial charge in [0.1, 0.15) is 11.3 Å². The number of para-hydroxylation sites is 1. The van der Waals surface area contributed by atoms with Crippen molar-refractivity contribution in [2.24, 2.45) is 5.10 Å². The fraction of sp³-hybridized carbons (Fsp3) is 0.0769. The molecule has 0 atom stereocenters. The van der Waals surface area contributed by atoms with Gasteiger partial charge >= 0.3 is 5.97 Å². The topological polar surface area (TPSA) is 95.9 Å². The number of benzene rings is 3. The van der Waals surface area contributed by atoms with Crippen LogP contribution in [0.15, 0.2) is 83.9 Å². The Morgan fingerprint density at radius 2 is 1.89 bits per heavy atom. The highest BCUT2D eigenvalue weighted by Gasteiger charge is 2.17. The van der Waals surface area contributed by atoms with E-state index in [0.717, 1.165) is 5.39 Å². The third-order valence-corrected chi connectivity index (χ3v) is 6.77. The van der Waals surface area contributed by atoms with E-state index in [-0.39, 0.29) is 18.0 Å². The zero-order chi connectivity index (χ0) is 26.1. The zero-order valence-electron chi connectivity index (χ0n) is 19.1. The van der Waals surface area contributed by atoms with E-state index in [0.29, 0.717) is 47.5 Å². The summed E-state index contributed by atoms with van der Waals surface area (Å²) >= 11 is 13.0. The normalized spacial score (nSPS) is 11.5. The molecule has 0 unspecified atom stereocenters. The maximum Gasteiger partial charge on any atom is 0.343 e. The molecule has 0 amide bonds. The summed E-state index contributed by atoms with van der Waals surface area (Å²) in [5.74, 6) is 0.524. The number of nitrogens with zero attached hydrogens (tertiary/aromatic N) is 3. The number of carbonyl (C=O) groups is 1. The first-order valence-corrected chi connectivity index (χ1v) is 12.7. The van der Waals surface area contributed by atoms with E-state index in [1.807, 2.05) is 6.07 Å². The first kappa shape index (κ1) is 25.2. The molecule has 0 aliphatic carbocycles. The minimum atomic E-state index is -0.506. The number of rotatable bonds is 6. The Bertz CT molecular complexity index is 1740. The lowest BCUT2D eigenvalue weighted by Crippen LogP contribution is -2.20. The van der Waals surface area contributed by atoms with E-state index in [4.69, 9.17) is 20.8 Å². The molecule has 0 radical (unpaired) electrons. The lowest BCUT2D eigenvalue weighted by Gasteiger charge is -2.10. The minimum Gasteiger partial charge on any atom is -0.480 e. The Hall–Kier alpha value is -3.47. The Kier molecular flexibility index (Phi) is 7.14. The van der Waals surface area contributed by atoms with Gasteiger partial charge in [0.2, 0.25) is 5.82 Å². The van der Waals surface area contributed by atoms with E-state index >= 15 is 0 Å². The molecule has 37 heavy (non-hydrogen) atoms. The number of aromatic nitrogens is 2. The summed E-state index contributed by atoms with van der Waals surface area (Å²) < 4.78 is 18.5. The van der Waals surface area contributed by atoms with Gasteiger partial charge in [-0.2, -0.15) is 9.78 Å².